The van der Waals surface area contributed by atoms with Gasteiger partial charge in [0.15, 0.2) is 0 Å². The smallest absolute Gasteiger partial charge is 0.0407 e. The first-order valence-corrected chi connectivity index (χ1v) is 7.13. The summed E-state index contributed by atoms with van der Waals surface area (Å²) in [6, 6.07) is 0. The van der Waals surface area contributed by atoms with Gasteiger partial charge in [0, 0.05) is 0 Å². The first kappa shape index (κ1) is 11.5. The zero-order valence-electron chi connectivity index (χ0n) is 10.8. The molecule has 3 atom stereocenters. The van der Waals surface area contributed by atoms with Gasteiger partial charge >= 0.3 is 0 Å². The van der Waals surface area contributed by atoms with E-state index in [0.29, 0.717) is 0 Å². The van der Waals surface area contributed by atoms with Crippen molar-refractivity contribution in [3.8, 4) is 0 Å². The van der Waals surface area contributed by atoms with Crippen molar-refractivity contribution in [2.45, 2.75) is 65.7 Å². The van der Waals surface area contributed by atoms with Gasteiger partial charge in [-0.1, -0.05) is 33.6 Å². The van der Waals surface area contributed by atoms with Gasteiger partial charge in [-0.15, -0.1) is 0 Å². The van der Waals surface area contributed by atoms with E-state index in [1.807, 2.05) is 0 Å². The van der Waals surface area contributed by atoms with Crippen LogP contribution in [-0.2, 0) is 0 Å². The molecule has 0 aliphatic heterocycles. The Morgan fingerprint density at radius 3 is 1.60 bits per heavy atom. The van der Waals surface area contributed by atoms with Crippen LogP contribution in [0.15, 0.2) is 0 Å². The van der Waals surface area contributed by atoms with E-state index in [-0.39, 0.29) is 0 Å². The maximum absolute atomic E-state index is 2.49. The lowest BCUT2D eigenvalue weighted by atomic mass is 9.76. The number of rotatable bonds is 0. The molecular weight excluding hydrogens is 180 g/mol. The second kappa shape index (κ2) is 4.89. The summed E-state index contributed by atoms with van der Waals surface area (Å²) in [5.41, 5.74) is 0. The van der Waals surface area contributed by atoms with Crippen molar-refractivity contribution in [3.05, 3.63) is 0 Å². The van der Waals surface area contributed by atoms with Gasteiger partial charge in [-0.2, -0.15) is 0 Å². The van der Waals surface area contributed by atoms with Gasteiger partial charge in [-0.3, -0.25) is 0 Å². The molecule has 0 N–H and O–H groups in total. The summed E-state index contributed by atoms with van der Waals surface area (Å²) in [4.78, 5) is 0. The Morgan fingerprint density at radius 1 is 0.533 bits per heavy atom. The Labute approximate surface area is 95.8 Å². The molecule has 0 spiro atoms. The van der Waals surface area contributed by atoms with Crippen molar-refractivity contribution in [3.63, 3.8) is 0 Å². The molecule has 3 aliphatic carbocycles. The highest BCUT2D eigenvalue weighted by Crippen LogP contribution is 2.40. The van der Waals surface area contributed by atoms with Gasteiger partial charge < -0.3 is 0 Å². The summed E-state index contributed by atoms with van der Waals surface area (Å²) in [6.45, 7) is 7.47. The number of fused-ring (bicyclic) bond motifs is 7. The summed E-state index contributed by atoms with van der Waals surface area (Å²) in [6.07, 6.45) is 10.6. The Hall–Kier alpha value is 0. The van der Waals surface area contributed by atoms with Crippen molar-refractivity contribution in [2.75, 3.05) is 0 Å². The normalized spacial score (nSPS) is 47.8. The minimum absolute atomic E-state index is 0.994. The maximum Gasteiger partial charge on any atom is -0.0407 e. The van der Waals surface area contributed by atoms with Crippen LogP contribution < -0.4 is 0 Å². The molecule has 88 valence electrons. The van der Waals surface area contributed by atoms with Gasteiger partial charge in [-0.25, -0.2) is 0 Å². The van der Waals surface area contributed by atoms with Crippen molar-refractivity contribution in [1.82, 2.24) is 0 Å². The van der Waals surface area contributed by atoms with Crippen LogP contribution in [0.4, 0.5) is 0 Å². The average molecular weight is 208 g/mol. The number of hydrogen-bond donors (Lipinski definition) is 0. The molecule has 3 saturated carbocycles. The minimum atomic E-state index is 0.994. The highest BCUT2D eigenvalue weighted by atomic mass is 14.3. The maximum atomic E-state index is 2.49. The highest BCUT2D eigenvalue weighted by Gasteiger charge is 2.28. The van der Waals surface area contributed by atoms with E-state index < -0.39 is 0 Å². The zero-order valence-corrected chi connectivity index (χ0v) is 10.8. The standard InChI is InChI=1S/C15H28/c1-11-4-5-14-7-12(2)9-15(6-11)10-13(3)8-14/h11-15H,4-10H2,1-3H3. The molecule has 0 heteroatoms. The molecule has 0 saturated heterocycles. The molecule has 0 amide bonds. The molecule has 3 unspecified atom stereocenters. The van der Waals surface area contributed by atoms with Crippen LogP contribution in [0.1, 0.15) is 65.7 Å². The fraction of sp³-hybridized carbons (Fsp3) is 1.00. The van der Waals surface area contributed by atoms with Gasteiger partial charge in [0.2, 0.25) is 0 Å². The second-order valence-corrected chi connectivity index (χ2v) is 6.80. The van der Waals surface area contributed by atoms with E-state index >= 15 is 0 Å². The lowest BCUT2D eigenvalue weighted by molar-refractivity contribution is 0.213. The van der Waals surface area contributed by atoms with Crippen LogP contribution >= 0.6 is 0 Å². The fourth-order valence-corrected chi connectivity index (χ4v) is 4.30. The molecule has 15 heavy (non-hydrogen) atoms. The predicted molar refractivity (Wildman–Crippen MR) is 66.8 cm³/mol. The summed E-state index contributed by atoms with van der Waals surface area (Å²) in [5, 5.41) is 0. The second-order valence-electron chi connectivity index (χ2n) is 6.80. The van der Waals surface area contributed by atoms with Gasteiger partial charge in [0.1, 0.15) is 0 Å². The molecule has 2 bridgehead atoms. The van der Waals surface area contributed by atoms with Crippen molar-refractivity contribution >= 4 is 0 Å². The fourth-order valence-electron chi connectivity index (χ4n) is 4.30. The molecule has 0 aromatic rings. The Balaban J connectivity index is 2.11. The summed E-state index contributed by atoms with van der Waals surface area (Å²) >= 11 is 0. The van der Waals surface area contributed by atoms with Crippen molar-refractivity contribution in [1.29, 1.82) is 0 Å². The Kier molecular flexibility index (Phi) is 3.74. The lowest BCUT2D eigenvalue weighted by Crippen LogP contribution is -2.18. The van der Waals surface area contributed by atoms with Gasteiger partial charge in [0.25, 0.3) is 0 Å². The zero-order chi connectivity index (χ0) is 10.8. The van der Waals surface area contributed by atoms with Crippen molar-refractivity contribution in [2.24, 2.45) is 29.6 Å². The van der Waals surface area contributed by atoms with E-state index in [9.17, 15) is 0 Å². The summed E-state index contributed by atoms with van der Waals surface area (Å²) in [7, 11) is 0. The van der Waals surface area contributed by atoms with Gasteiger partial charge in [0.05, 0.1) is 0 Å². The van der Waals surface area contributed by atoms with E-state index in [0.717, 1.165) is 29.6 Å². The van der Waals surface area contributed by atoms with E-state index in [1.54, 1.807) is 0 Å². The highest BCUT2D eigenvalue weighted by molar-refractivity contribution is 4.80. The largest absolute Gasteiger partial charge is 0.0625 e. The molecule has 0 nitrogen and oxygen atoms in total. The molecule has 3 fully saturated rings. The lowest BCUT2D eigenvalue weighted by Gasteiger charge is -2.30. The Bertz CT molecular complexity index is 179. The quantitative estimate of drug-likeness (QED) is 0.532. The molecule has 0 radical (unpaired) electrons. The van der Waals surface area contributed by atoms with Crippen LogP contribution in [0.5, 0.6) is 0 Å². The van der Waals surface area contributed by atoms with Gasteiger partial charge in [-0.05, 0) is 61.7 Å². The van der Waals surface area contributed by atoms with Crippen molar-refractivity contribution < 1.29 is 0 Å². The van der Waals surface area contributed by atoms with Crippen LogP contribution in [0.2, 0.25) is 0 Å². The number of hydrogen-bond acceptors (Lipinski definition) is 0. The summed E-state index contributed by atoms with van der Waals surface area (Å²) < 4.78 is 0. The third kappa shape index (κ3) is 3.23. The first-order chi connectivity index (χ1) is 7.13. The van der Waals surface area contributed by atoms with Crippen LogP contribution in [-0.4, -0.2) is 0 Å². The molecule has 0 aromatic heterocycles. The predicted octanol–water partition coefficient (Wildman–Crippen LogP) is 4.89. The van der Waals surface area contributed by atoms with E-state index in [1.165, 1.54) is 44.9 Å². The van der Waals surface area contributed by atoms with Crippen LogP contribution in [0.3, 0.4) is 0 Å². The third-order valence-electron chi connectivity index (χ3n) is 4.75. The monoisotopic (exact) mass is 208 g/mol. The molecule has 0 aromatic carbocycles. The summed E-state index contributed by atoms with van der Waals surface area (Å²) in [5.74, 6) is 5.09. The Morgan fingerprint density at radius 2 is 1.00 bits per heavy atom. The third-order valence-corrected chi connectivity index (χ3v) is 4.75. The van der Waals surface area contributed by atoms with E-state index in [4.69, 9.17) is 0 Å². The molecule has 3 aliphatic rings. The molecule has 3 rings (SSSR count). The minimum Gasteiger partial charge on any atom is -0.0625 e. The van der Waals surface area contributed by atoms with Crippen LogP contribution in [0.25, 0.3) is 0 Å². The average Bonchev–Trinajstić information content (AvgIpc) is 2.19. The first-order valence-electron chi connectivity index (χ1n) is 7.13. The topological polar surface area (TPSA) is 0 Å². The molecular formula is C15H28. The van der Waals surface area contributed by atoms with Crippen LogP contribution in [0, 0.1) is 29.6 Å². The van der Waals surface area contributed by atoms with E-state index in [2.05, 4.69) is 20.8 Å². The SMILES string of the molecule is CC1CCC2CC(C)CC(C1)CC(C)C2. The molecule has 0 heterocycles.